The molecule has 0 saturated heterocycles. The summed E-state index contributed by atoms with van der Waals surface area (Å²) in [5.74, 6) is 0.355. The highest BCUT2D eigenvalue weighted by Crippen LogP contribution is 2.11. The first-order chi connectivity index (χ1) is 9.13. The number of ether oxygens (including phenoxy) is 2. The second-order valence-corrected chi connectivity index (χ2v) is 4.75. The number of aliphatic hydroxyl groups excluding tert-OH is 1. The van der Waals surface area contributed by atoms with E-state index in [2.05, 4.69) is 6.58 Å². The Balaban J connectivity index is 2.16. The van der Waals surface area contributed by atoms with Gasteiger partial charge in [0.1, 0.15) is 6.79 Å². The Hall–Kier alpha value is -0.870. The van der Waals surface area contributed by atoms with Crippen LogP contribution in [0.25, 0.3) is 0 Å². The lowest BCUT2D eigenvalue weighted by Gasteiger charge is -2.19. The quantitative estimate of drug-likeness (QED) is 0.328. The molecule has 0 bridgehead atoms. The molecule has 1 aromatic carbocycles. The first-order valence-corrected chi connectivity index (χ1v) is 6.81. The Labute approximate surface area is 119 Å². The van der Waals surface area contributed by atoms with E-state index in [0.29, 0.717) is 18.9 Å². The molecule has 0 fully saturated rings. The molecule has 0 aromatic heterocycles. The van der Waals surface area contributed by atoms with Crippen LogP contribution in [0.2, 0.25) is 0 Å². The van der Waals surface area contributed by atoms with E-state index in [-0.39, 0.29) is 12.9 Å². The van der Waals surface area contributed by atoms with Gasteiger partial charge in [0.25, 0.3) is 0 Å². The van der Waals surface area contributed by atoms with E-state index in [1.807, 2.05) is 30.3 Å². The summed E-state index contributed by atoms with van der Waals surface area (Å²) >= 11 is 5.62. The van der Waals surface area contributed by atoms with Crippen LogP contribution in [0.5, 0.6) is 0 Å². The van der Waals surface area contributed by atoms with Crippen molar-refractivity contribution in [3.05, 3.63) is 48.0 Å². The summed E-state index contributed by atoms with van der Waals surface area (Å²) in [4.78, 5) is 0. The van der Waals surface area contributed by atoms with Gasteiger partial charge >= 0.3 is 0 Å². The number of hydrogen-bond donors (Lipinski definition) is 1. The number of alkyl halides is 1. The zero-order chi connectivity index (χ0) is 14.1. The summed E-state index contributed by atoms with van der Waals surface area (Å²) < 4.78 is 10.8. The zero-order valence-electron chi connectivity index (χ0n) is 11.2. The van der Waals surface area contributed by atoms with E-state index < -0.39 is 6.10 Å². The Morgan fingerprint density at radius 3 is 2.68 bits per heavy atom. The molecule has 0 aliphatic rings. The van der Waals surface area contributed by atoms with Crippen LogP contribution in [0, 0.1) is 0 Å². The van der Waals surface area contributed by atoms with E-state index in [4.69, 9.17) is 21.1 Å². The molecule has 0 saturated carbocycles. The van der Waals surface area contributed by atoms with Gasteiger partial charge < -0.3 is 14.6 Å². The summed E-state index contributed by atoms with van der Waals surface area (Å²) in [6.07, 6.45) is -0.467. The smallest absolute Gasteiger partial charge is 0.147 e. The Kier molecular flexibility index (Phi) is 7.75. The summed E-state index contributed by atoms with van der Waals surface area (Å²) in [5.41, 5.74) is 1.89. The lowest BCUT2D eigenvalue weighted by Crippen LogP contribution is -2.27. The summed E-state index contributed by atoms with van der Waals surface area (Å²) in [7, 11) is 0. The maximum atomic E-state index is 9.84. The van der Waals surface area contributed by atoms with Gasteiger partial charge in [0.2, 0.25) is 0 Å². The monoisotopic (exact) mass is 284 g/mol. The average molecular weight is 285 g/mol. The number of rotatable bonds is 9. The fourth-order valence-corrected chi connectivity index (χ4v) is 1.63. The SMILES string of the molecule is C=C(CCl)C[C@@H](O)[C@@H](C)OCOCc1ccccc1. The van der Waals surface area contributed by atoms with Gasteiger partial charge in [-0.25, -0.2) is 0 Å². The molecule has 0 aliphatic heterocycles. The van der Waals surface area contributed by atoms with Crippen molar-refractivity contribution in [3.8, 4) is 0 Å². The minimum Gasteiger partial charge on any atom is -0.390 e. The molecule has 1 rings (SSSR count). The lowest BCUT2D eigenvalue weighted by atomic mass is 10.1. The summed E-state index contributed by atoms with van der Waals surface area (Å²) in [6.45, 7) is 6.21. The molecule has 3 nitrogen and oxygen atoms in total. The lowest BCUT2D eigenvalue weighted by molar-refractivity contribution is -0.122. The van der Waals surface area contributed by atoms with Crippen molar-refractivity contribution in [2.45, 2.75) is 32.2 Å². The number of benzene rings is 1. The van der Waals surface area contributed by atoms with E-state index >= 15 is 0 Å². The Morgan fingerprint density at radius 2 is 2.05 bits per heavy atom. The van der Waals surface area contributed by atoms with Crippen LogP contribution in [-0.2, 0) is 16.1 Å². The van der Waals surface area contributed by atoms with Crippen molar-refractivity contribution in [2.24, 2.45) is 0 Å². The Morgan fingerprint density at radius 1 is 1.37 bits per heavy atom. The second kappa shape index (κ2) is 9.10. The van der Waals surface area contributed by atoms with Gasteiger partial charge in [-0.05, 0) is 18.9 Å². The largest absolute Gasteiger partial charge is 0.390 e. The van der Waals surface area contributed by atoms with Gasteiger partial charge in [0, 0.05) is 5.88 Å². The average Bonchev–Trinajstić information content (AvgIpc) is 2.44. The highest BCUT2D eigenvalue weighted by atomic mass is 35.5. The molecule has 1 aromatic rings. The molecule has 1 N–H and O–H groups in total. The number of hydrogen-bond acceptors (Lipinski definition) is 3. The summed E-state index contributed by atoms with van der Waals surface area (Å²) in [6, 6.07) is 9.86. The van der Waals surface area contributed by atoms with E-state index in [1.54, 1.807) is 6.92 Å². The molecule has 19 heavy (non-hydrogen) atoms. The van der Waals surface area contributed by atoms with Gasteiger partial charge in [-0.1, -0.05) is 42.5 Å². The molecule has 0 radical (unpaired) electrons. The van der Waals surface area contributed by atoms with Crippen molar-refractivity contribution in [2.75, 3.05) is 12.7 Å². The van der Waals surface area contributed by atoms with Gasteiger partial charge in [0.15, 0.2) is 0 Å². The highest BCUT2D eigenvalue weighted by Gasteiger charge is 2.15. The van der Waals surface area contributed by atoms with Crippen LogP contribution in [0.1, 0.15) is 18.9 Å². The van der Waals surface area contributed by atoms with Crippen molar-refractivity contribution in [3.63, 3.8) is 0 Å². The molecule has 0 amide bonds. The van der Waals surface area contributed by atoms with Gasteiger partial charge in [0.05, 0.1) is 18.8 Å². The van der Waals surface area contributed by atoms with Crippen LogP contribution in [0.4, 0.5) is 0 Å². The molecule has 0 aliphatic carbocycles. The zero-order valence-corrected chi connectivity index (χ0v) is 12.0. The minimum absolute atomic E-state index is 0.153. The Bertz CT molecular complexity index is 367. The maximum Gasteiger partial charge on any atom is 0.147 e. The van der Waals surface area contributed by atoms with Crippen LogP contribution < -0.4 is 0 Å². The number of halogens is 1. The van der Waals surface area contributed by atoms with Crippen molar-refractivity contribution >= 4 is 11.6 Å². The maximum absolute atomic E-state index is 9.84. The van der Waals surface area contributed by atoms with E-state index in [1.165, 1.54) is 0 Å². The highest BCUT2D eigenvalue weighted by molar-refractivity contribution is 6.19. The molecular weight excluding hydrogens is 264 g/mol. The van der Waals surface area contributed by atoms with Crippen molar-refractivity contribution < 1.29 is 14.6 Å². The predicted molar refractivity (Wildman–Crippen MR) is 77.1 cm³/mol. The molecule has 0 heterocycles. The fourth-order valence-electron chi connectivity index (χ4n) is 1.52. The molecule has 0 spiro atoms. The van der Waals surface area contributed by atoms with E-state index in [9.17, 15) is 5.11 Å². The third kappa shape index (κ3) is 6.73. The van der Waals surface area contributed by atoms with Gasteiger partial charge in [-0.15, -0.1) is 11.6 Å². The fraction of sp³-hybridized carbons (Fsp3) is 0.467. The van der Waals surface area contributed by atoms with Crippen LogP contribution in [0.3, 0.4) is 0 Å². The molecule has 2 atom stereocenters. The van der Waals surface area contributed by atoms with Gasteiger partial charge in [-0.3, -0.25) is 0 Å². The third-order valence-corrected chi connectivity index (χ3v) is 3.13. The van der Waals surface area contributed by atoms with Crippen molar-refractivity contribution in [1.82, 2.24) is 0 Å². The molecule has 106 valence electrons. The van der Waals surface area contributed by atoms with Crippen LogP contribution in [-0.4, -0.2) is 30.0 Å². The predicted octanol–water partition coefficient (Wildman–Crippen LogP) is 3.11. The molecule has 0 unspecified atom stereocenters. The van der Waals surface area contributed by atoms with Crippen LogP contribution >= 0.6 is 11.6 Å². The minimum atomic E-state index is -0.605. The van der Waals surface area contributed by atoms with Gasteiger partial charge in [-0.2, -0.15) is 0 Å². The number of aliphatic hydroxyl groups is 1. The second-order valence-electron chi connectivity index (χ2n) is 4.48. The third-order valence-electron chi connectivity index (χ3n) is 2.75. The normalized spacial score (nSPS) is 14.1. The van der Waals surface area contributed by atoms with Crippen LogP contribution in [0.15, 0.2) is 42.5 Å². The first-order valence-electron chi connectivity index (χ1n) is 6.27. The topological polar surface area (TPSA) is 38.7 Å². The van der Waals surface area contributed by atoms with Crippen molar-refractivity contribution in [1.29, 1.82) is 0 Å². The van der Waals surface area contributed by atoms with E-state index in [0.717, 1.165) is 11.1 Å². The summed E-state index contributed by atoms with van der Waals surface area (Å²) in [5, 5.41) is 9.84. The standard InChI is InChI=1S/C15H21ClO3/c1-12(9-16)8-15(17)13(2)19-11-18-10-14-6-4-3-5-7-14/h3-7,13,15,17H,1,8-11H2,2H3/t13-,15-/m1/s1. The molecule has 4 heteroatoms. The molecular formula is C15H21ClO3. The first kappa shape index (κ1) is 16.2.